The standard InChI is InChI=1S/C26H28N2O3/c1-27-26(30)22-12-8-19(9-13-22)17-28(18-24-7-4-14-31-24)25(29)16-20-10-11-21-5-2-3-6-23(21)15-20/h4,7-15H,2-3,5-6,16-18H2,1H3,(H,27,30). The molecule has 0 radical (unpaired) electrons. The Bertz CT molecular complexity index is 1040. The van der Waals surface area contributed by atoms with Crippen molar-refractivity contribution in [3.05, 3.63) is 94.4 Å². The average molecular weight is 417 g/mol. The second-order valence-corrected chi connectivity index (χ2v) is 8.09. The number of amides is 2. The highest BCUT2D eigenvalue weighted by atomic mass is 16.3. The highest BCUT2D eigenvalue weighted by Gasteiger charge is 2.18. The molecule has 0 unspecified atom stereocenters. The highest BCUT2D eigenvalue weighted by Crippen LogP contribution is 2.23. The van der Waals surface area contributed by atoms with Crippen LogP contribution in [0.5, 0.6) is 0 Å². The van der Waals surface area contributed by atoms with Gasteiger partial charge in [-0.05, 0) is 72.2 Å². The maximum Gasteiger partial charge on any atom is 0.251 e. The van der Waals surface area contributed by atoms with Gasteiger partial charge in [-0.1, -0.05) is 30.3 Å². The summed E-state index contributed by atoms with van der Waals surface area (Å²) in [5, 5.41) is 2.62. The van der Waals surface area contributed by atoms with Crippen LogP contribution in [0.25, 0.3) is 0 Å². The summed E-state index contributed by atoms with van der Waals surface area (Å²) < 4.78 is 5.49. The predicted octanol–water partition coefficient (Wildman–Crippen LogP) is 4.29. The summed E-state index contributed by atoms with van der Waals surface area (Å²) in [6.07, 6.45) is 6.71. The quantitative estimate of drug-likeness (QED) is 0.625. The number of nitrogens with one attached hydrogen (secondary N) is 1. The largest absolute Gasteiger partial charge is 0.467 e. The molecular formula is C26H28N2O3. The smallest absolute Gasteiger partial charge is 0.251 e. The fraction of sp³-hybridized carbons (Fsp3) is 0.308. The number of fused-ring (bicyclic) bond motifs is 1. The molecule has 1 aliphatic carbocycles. The molecule has 160 valence electrons. The summed E-state index contributed by atoms with van der Waals surface area (Å²) in [6, 6.07) is 17.6. The van der Waals surface area contributed by atoms with Crippen molar-refractivity contribution >= 4 is 11.8 Å². The minimum Gasteiger partial charge on any atom is -0.467 e. The Labute approximate surface area is 183 Å². The first-order chi connectivity index (χ1) is 15.1. The molecular weight excluding hydrogens is 388 g/mol. The van der Waals surface area contributed by atoms with Crippen LogP contribution in [0.1, 0.15) is 51.2 Å². The molecule has 0 bridgehead atoms. The van der Waals surface area contributed by atoms with Gasteiger partial charge in [-0.3, -0.25) is 9.59 Å². The lowest BCUT2D eigenvalue weighted by Crippen LogP contribution is -2.31. The first-order valence-electron chi connectivity index (χ1n) is 10.8. The van der Waals surface area contributed by atoms with E-state index in [0.29, 0.717) is 25.1 Å². The van der Waals surface area contributed by atoms with Gasteiger partial charge in [0, 0.05) is 19.2 Å². The molecule has 5 heteroatoms. The minimum atomic E-state index is -0.123. The van der Waals surface area contributed by atoms with Crippen LogP contribution < -0.4 is 5.32 Å². The summed E-state index contributed by atoms with van der Waals surface area (Å²) in [5.74, 6) is 0.686. The molecule has 0 aliphatic heterocycles. The number of carbonyl (C=O) groups excluding carboxylic acids is 2. The fourth-order valence-electron chi connectivity index (χ4n) is 4.13. The number of benzene rings is 2. The molecule has 1 N–H and O–H groups in total. The zero-order valence-corrected chi connectivity index (χ0v) is 17.9. The second kappa shape index (κ2) is 9.65. The Balaban J connectivity index is 1.50. The Kier molecular flexibility index (Phi) is 6.51. The van der Waals surface area contributed by atoms with Gasteiger partial charge in [0.05, 0.1) is 19.2 Å². The average Bonchev–Trinajstić information content (AvgIpc) is 3.31. The van der Waals surface area contributed by atoms with Gasteiger partial charge >= 0.3 is 0 Å². The number of nitrogens with zero attached hydrogens (tertiary/aromatic N) is 1. The van der Waals surface area contributed by atoms with Crippen molar-refractivity contribution in [2.45, 2.75) is 45.2 Å². The van der Waals surface area contributed by atoms with E-state index < -0.39 is 0 Å². The van der Waals surface area contributed by atoms with Gasteiger partial charge in [0.2, 0.25) is 5.91 Å². The topological polar surface area (TPSA) is 62.6 Å². The van der Waals surface area contributed by atoms with Crippen molar-refractivity contribution in [1.29, 1.82) is 0 Å². The molecule has 2 amide bonds. The van der Waals surface area contributed by atoms with E-state index in [0.717, 1.165) is 29.7 Å². The Morgan fingerprint density at radius 2 is 1.68 bits per heavy atom. The van der Waals surface area contributed by atoms with E-state index in [2.05, 4.69) is 23.5 Å². The van der Waals surface area contributed by atoms with Crippen molar-refractivity contribution < 1.29 is 14.0 Å². The van der Waals surface area contributed by atoms with E-state index in [-0.39, 0.29) is 11.8 Å². The van der Waals surface area contributed by atoms with Crippen molar-refractivity contribution in [3.63, 3.8) is 0 Å². The molecule has 0 fully saturated rings. The van der Waals surface area contributed by atoms with Gasteiger partial charge < -0.3 is 14.6 Å². The maximum atomic E-state index is 13.3. The van der Waals surface area contributed by atoms with E-state index >= 15 is 0 Å². The number of furan rings is 1. The van der Waals surface area contributed by atoms with Crippen LogP contribution in [0.2, 0.25) is 0 Å². The minimum absolute atomic E-state index is 0.0579. The molecule has 1 aliphatic rings. The predicted molar refractivity (Wildman–Crippen MR) is 120 cm³/mol. The van der Waals surface area contributed by atoms with Crippen LogP contribution in [0.15, 0.2) is 65.3 Å². The van der Waals surface area contributed by atoms with E-state index in [9.17, 15) is 9.59 Å². The third-order valence-corrected chi connectivity index (χ3v) is 5.86. The first kappa shape index (κ1) is 20.9. The molecule has 2 aromatic carbocycles. The summed E-state index contributed by atoms with van der Waals surface area (Å²) >= 11 is 0. The summed E-state index contributed by atoms with van der Waals surface area (Å²) in [4.78, 5) is 26.8. The maximum absolute atomic E-state index is 13.3. The fourth-order valence-corrected chi connectivity index (χ4v) is 4.13. The van der Waals surface area contributed by atoms with E-state index in [1.165, 1.54) is 24.0 Å². The zero-order valence-electron chi connectivity index (χ0n) is 17.9. The van der Waals surface area contributed by atoms with Crippen molar-refractivity contribution in [3.8, 4) is 0 Å². The lowest BCUT2D eigenvalue weighted by atomic mass is 9.90. The molecule has 0 atom stereocenters. The van der Waals surface area contributed by atoms with E-state index in [4.69, 9.17) is 4.42 Å². The van der Waals surface area contributed by atoms with E-state index in [1.54, 1.807) is 25.4 Å². The number of hydrogen-bond donors (Lipinski definition) is 1. The summed E-state index contributed by atoms with van der Waals surface area (Å²) in [5.41, 5.74) is 5.44. The second-order valence-electron chi connectivity index (χ2n) is 8.09. The number of hydrogen-bond acceptors (Lipinski definition) is 3. The van der Waals surface area contributed by atoms with Crippen LogP contribution >= 0.6 is 0 Å². The lowest BCUT2D eigenvalue weighted by molar-refractivity contribution is -0.132. The molecule has 1 heterocycles. The normalized spacial score (nSPS) is 12.8. The van der Waals surface area contributed by atoms with Crippen LogP contribution in [-0.2, 0) is 37.1 Å². The Morgan fingerprint density at radius 1 is 0.935 bits per heavy atom. The first-order valence-corrected chi connectivity index (χ1v) is 10.8. The van der Waals surface area contributed by atoms with Gasteiger partial charge in [0.25, 0.3) is 5.91 Å². The molecule has 0 saturated carbocycles. The Morgan fingerprint density at radius 3 is 2.39 bits per heavy atom. The molecule has 5 nitrogen and oxygen atoms in total. The van der Waals surface area contributed by atoms with Crippen molar-refractivity contribution in [2.24, 2.45) is 0 Å². The van der Waals surface area contributed by atoms with E-state index in [1.807, 2.05) is 29.2 Å². The molecule has 4 rings (SSSR count). The molecule has 1 aromatic heterocycles. The Hall–Kier alpha value is -3.34. The number of aryl methyl sites for hydroxylation is 2. The third kappa shape index (κ3) is 5.23. The number of carbonyl (C=O) groups is 2. The van der Waals surface area contributed by atoms with Crippen molar-refractivity contribution in [1.82, 2.24) is 10.2 Å². The summed E-state index contributed by atoms with van der Waals surface area (Å²) in [7, 11) is 1.61. The van der Waals surface area contributed by atoms with Gasteiger partial charge in [0.1, 0.15) is 5.76 Å². The molecule has 31 heavy (non-hydrogen) atoms. The lowest BCUT2D eigenvalue weighted by Gasteiger charge is -2.23. The van der Waals surface area contributed by atoms with Crippen molar-refractivity contribution in [2.75, 3.05) is 7.05 Å². The van der Waals surface area contributed by atoms with Crippen LogP contribution in [0, 0.1) is 0 Å². The highest BCUT2D eigenvalue weighted by molar-refractivity contribution is 5.93. The van der Waals surface area contributed by atoms with Gasteiger partial charge in [-0.2, -0.15) is 0 Å². The zero-order chi connectivity index (χ0) is 21.6. The summed E-state index contributed by atoms with van der Waals surface area (Å²) in [6.45, 7) is 0.868. The molecule has 0 spiro atoms. The molecule has 3 aromatic rings. The van der Waals surface area contributed by atoms with Gasteiger partial charge in [-0.15, -0.1) is 0 Å². The van der Waals surface area contributed by atoms with Crippen LogP contribution in [0.3, 0.4) is 0 Å². The van der Waals surface area contributed by atoms with Crippen LogP contribution in [0.4, 0.5) is 0 Å². The van der Waals surface area contributed by atoms with Crippen LogP contribution in [-0.4, -0.2) is 23.8 Å². The number of rotatable bonds is 7. The third-order valence-electron chi connectivity index (χ3n) is 5.86. The SMILES string of the molecule is CNC(=O)c1ccc(CN(Cc2ccco2)C(=O)Cc2ccc3c(c2)CCCC3)cc1. The van der Waals surface area contributed by atoms with Gasteiger partial charge in [-0.25, -0.2) is 0 Å². The van der Waals surface area contributed by atoms with Gasteiger partial charge in [0.15, 0.2) is 0 Å². The molecule has 0 saturated heterocycles. The monoisotopic (exact) mass is 416 g/mol.